The summed E-state index contributed by atoms with van der Waals surface area (Å²) in [4.78, 5) is 14.1. The number of halogens is 1. The molecule has 1 aliphatic rings. The van der Waals surface area contributed by atoms with Gasteiger partial charge in [-0.25, -0.2) is 13.1 Å². The number of hydrogen-bond acceptors (Lipinski definition) is 5. The zero-order valence-electron chi connectivity index (χ0n) is 13.0. The van der Waals surface area contributed by atoms with Crippen LogP contribution in [0.15, 0.2) is 35.5 Å². The lowest BCUT2D eigenvalue weighted by molar-refractivity contribution is 0.0697. The standard InChI is InChI=1S/C14H16ClN5O3S/c1-18-13(10-16-17-18)24(22,23)20-8-6-19(7-9-20)14(21)11-2-4-12(15)5-3-11/h2-5,10H,6-9H2,1H3. The first-order chi connectivity index (χ1) is 11.4. The van der Waals surface area contributed by atoms with E-state index in [4.69, 9.17) is 11.6 Å². The van der Waals surface area contributed by atoms with Crippen molar-refractivity contribution in [1.82, 2.24) is 24.2 Å². The van der Waals surface area contributed by atoms with Crippen LogP contribution in [0.1, 0.15) is 10.4 Å². The van der Waals surface area contributed by atoms with Gasteiger partial charge in [-0.1, -0.05) is 16.8 Å². The second-order valence-corrected chi connectivity index (χ2v) is 7.72. The van der Waals surface area contributed by atoms with Crippen molar-refractivity contribution < 1.29 is 13.2 Å². The van der Waals surface area contributed by atoms with E-state index in [0.717, 1.165) is 0 Å². The van der Waals surface area contributed by atoms with E-state index in [-0.39, 0.29) is 24.0 Å². The molecule has 1 aromatic heterocycles. The maximum atomic E-state index is 12.6. The van der Waals surface area contributed by atoms with Crippen molar-refractivity contribution in [1.29, 1.82) is 0 Å². The van der Waals surface area contributed by atoms with Crippen LogP contribution in [0.25, 0.3) is 0 Å². The SMILES string of the molecule is Cn1nncc1S(=O)(=O)N1CCN(C(=O)c2ccc(Cl)cc2)CC1. The lowest BCUT2D eigenvalue weighted by Gasteiger charge is -2.33. The van der Waals surface area contributed by atoms with E-state index in [9.17, 15) is 13.2 Å². The van der Waals surface area contributed by atoms with Gasteiger partial charge in [-0.2, -0.15) is 4.31 Å². The Morgan fingerprint density at radius 3 is 2.29 bits per heavy atom. The third-order valence-corrected chi connectivity index (χ3v) is 6.09. The molecule has 0 radical (unpaired) electrons. The van der Waals surface area contributed by atoms with Crippen LogP contribution < -0.4 is 0 Å². The molecule has 0 unspecified atom stereocenters. The highest BCUT2D eigenvalue weighted by Crippen LogP contribution is 2.18. The molecule has 24 heavy (non-hydrogen) atoms. The molecule has 1 aromatic carbocycles. The third-order valence-electron chi connectivity index (χ3n) is 3.89. The molecule has 0 aliphatic carbocycles. The molecule has 2 aromatic rings. The van der Waals surface area contributed by atoms with E-state index in [1.807, 2.05) is 0 Å². The number of aromatic nitrogens is 3. The normalized spacial score (nSPS) is 16.3. The number of aryl methyl sites for hydroxylation is 1. The Balaban J connectivity index is 1.69. The van der Waals surface area contributed by atoms with Crippen molar-refractivity contribution in [3.05, 3.63) is 41.0 Å². The smallest absolute Gasteiger partial charge is 0.261 e. The molecule has 0 N–H and O–H groups in total. The first-order valence-corrected chi connectivity index (χ1v) is 9.11. The summed E-state index contributed by atoms with van der Waals surface area (Å²) in [5.74, 6) is -0.133. The number of sulfonamides is 1. The molecule has 8 nitrogen and oxygen atoms in total. The van der Waals surface area contributed by atoms with Gasteiger partial charge in [-0.15, -0.1) is 5.10 Å². The van der Waals surface area contributed by atoms with Gasteiger partial charge < -0.3 is 4.90 Å². The molecule has 1 fully saturated rings. The Morgan fingerprint density at radius 1 is 1.12 bits per heavy atom. The van der Waals surface area contributed by atoms with Gasteiger partial charge in [-0.3, -0.25) is 4.79 Å². The van der Waals surface area contributed by atoms with Crippen LogP contribution in [-0.4, -0.2) is 64.7 Å². The molecule has 1 saturated heterocycles. The number of amides is 1. The number of carbonyl (C=O) groups excluding carboxylic acids is 1. The van der Waals surface area contributed by atoms with E-state index in [1.54, 1.807) is 29.2 Å². The summed E-state index contributed by atoms with van der Waals surface area (Å²) in [5, 5.41) is 7.86. The predicted molar refractivity (Wildman–Crippen MR) is 87.1 cm³/mol. The predicted octanol–water partition coefficient (Wildman–Crippen LogP) is 0.615. The number of carbonyl (C=O) groups is 1. The molecular weight excluding hydrogens is 354 g/mol. The Morgan fingerprint density at radius 2 is 1.75 bits per heavy atom. The van der Waals surface area contributed by atoms with Gasteiger partial charge in [0.05, 0.1) is 6.20 Å². The fourth-order valence-corrected chi connectivity index (χ4v) is 4.14. The lowest BCUT2D eigenvalue weighted by atomic mass is 10.2. The zero-order valence-corrected chi connectivity index (χ0v) is 14.5. The van der Waals surface area contributed by atoms with Gasteiger partial charge in [0.1, 0.15) is 0 Å². The molecule has 0 saturated carbocycles. The Kier molecular flexibility index (Phi) is 4.57. The second kappa shape index (κ2) is 6.50. The van der Waals surface area contributed by atoms with Crippen LogP contribution in [0.2, 0.25) is 5.02 Å². The van der Waals surface area contributed by atoms with Crippen molar-refractivity contribution in [3.8, 4) is 0 Å². The van der Waals surface area contributed by atoms with Crippen LogP contribution in [-0.2, 0) is 17.1 Å². The van der Waals surface area contributed by atoms with Crippen molar-refractivity contribution in [2.45, 2.75) is 5.03 Å². The molecule has 10 heteroatoms. The first-order valence-electron chi connectivity index (χ1n) is 7.29. The van der Waals surface area contributed by atoms with E-state index >= 15 is 0 Å². The minimum atomic E-state index is -3.65. The minimum Gasteiger partial charge on any atom is -0.336 e. The number of piperazine rings is 1. The molecule has 128 valence electrons. The zero-order chi connectivity index (χ0) is 17.3. The summed E-state index contributed by atoms with van der Waals surface area (Å²) in [6.45, 7) is 1.11. The molecule has 0 bridgehead atoms. The van der Waals surface area contributed by atoms with Crippen molar-refractivity contribution in [2.24, 2.45) is 7.05 Å². The summed E-state index contributed by atoms with van der Waals surface area (Å²) in [6, 6.07) is 6.64. The average molecular weight is 370 g/mol. The van der Waals surface area contributed by atoms with Gasteiger partial charge in [0.2, 0.25) is 0 Å². The fraction of sp³-hybridized carbons (Fsp3) is 0.357. The number of hydrogen-bond donors (Lipinski definition) is 0. The topological polar surface area (TPSA) is 88.4 Å². The first kappa shape index (κ1) is 16.9. The largest absolute Gasteiger partial charge is 0.336 e. The average Bonchev–Trinajstić information content (AvgIpc) is 3.02. The highest BCUT2D eigenvalue weighted by atomic mass is 35.5. The highest BCUT2D eigenvalue weighted by molar-refractivity contribution is 7.89. The number of benzene rings is 1. The van der Waals surface area contributed by atoms with Gasteiger partial charge >= 0.3 is 0 Å². The van der Waals surface area contributed by atoms with Crippen molar-refractivity contribution >= 4 is 27.5 Å². The maximum Gasteiger partial charge on any atom is 0.261 e. The van der Waals surface area contributed by atoms with Gasteiger partial charge in [-0.05, 0) is 24.3 Å². The van der Waals surface area contributed by atoms with Crippen LogP contribution in [0.5, 0.6) is 0 Å². The van der Waals surface area contributed by atoms with Gasteiger partial charge in [0, 0.05) is 43.8 Å². The molecule has 2 heterocycles. The van der Waals surface area contributed by atoms with Crippen molar-refractivity contribution in [3.63, 3.8) is 0 Å². The van der Waals surface area contributed by atoms with Gasteiger partial charge in [0.25, 0.3) is 15.9 Å². The lowest BCUT2D eigenvalue weighted by Crippen LogP contribution is -2.50. The summed E-state index contributed by atoms with van der Waals surface area (Å²) < 4.78 is 27.7. The molecule has 3 rings (SSSR count). The highest BCUT2D eigenvalue weighted by Gasteiger charge is 2.32. The molecule has 1 aliphatic heterocycles. The third kappa shape index (κ3) is 3.14. The monoisotopic (exact) mass is 369 g/mol. The maximum absolute atomic E-state index is 12.6. The van der Waals surface area contributed by atoms with Crippen molar-refractivity contribution in [2.75, 3.05) is 26.2 Å². The quantitative estimate of drug-likeness (QED) is 0.791. The Labute approximate surface area is 144 Å². The number of rotatable bonds is 3. The van der Waals surface area contributed by atoms with E-state index in [1.165, 1.54) is 22.2 Å². The molecule has 0 spiro atoms. The Hall–Kier alpha value is -1.97. The summed E-state index contributed by atoms with van der Waals surface area (Å²) in [7, 11) is -2.12. The van der Waals surface area contributed by atoms with E-state index < -0.39 is 10.0 Å². The van der Waals surface area contributed by atoms with E-state index in [2.05, 4.69) is 10.3 Å². The summed E-state index contributed by atoms with van der Waals surface area (Å²) in [5.41, 5.74) is 0.534. The van der Waals surface area contributed by atoms with Crippen LogP contribution in [0.4, 0.5) is 0 Å². The van der Waals surface area contributed by atoms with Gasteiger partial charge in [0.15, 0.2) is 5.03 Å². The van der Waals surface area contributed by atoms with Crippen LogP contribution >= 0.6 is 11.6 Å². The summed E-state index contributed by atoms with van der Waals surface area (Å²) >= 11 is 5.82. The van der Waals surface area contributed by atoms with Crippen LogP contribution in [0.3, 0.4) is 0 Å². The molecule has 0 atom stereocenters. The minimum absolute atomic E-state index is 0.0416. The van der Waals surface area contributed by atoms with E-state index in [0.29, 0.717) is 23.7 Å². The fourth-order valence-electron chi connectivity index (χ4n) is 2.55. The summed E-state index contributed by atoms with van der Waals surface area (Å²) in [6.07, 6.45) is 1.22. The second-order valence-electron chi connectivity index (χ2n) is 5.40. The van der Waals surface area contributed by atoms with Crippen LogP contribution in [0, 0.1) is 0 Å². The number of nitrogens with zero attached hydrogens (tertiary/aromatic N) is 5. The Bertz CT molecular complexity index is 842. The molecule has 1 amide bonds. The molecular formula is C14H16ClN5O3S.